The molecule has 0 saturated carbocycles. The Morgan fingerprint density at radius 2 is 1.93 bits per heavy atom. The lowest BCUT2D eigenvalue weighted by molar-refractivity contribution is 0.270. The Morgan fingerprint density at radius 3 is 2.47 bits per heavy atom. The number of hydrogen-bond donors (Lipinski definition) is 1. The molecule has 0 aliphatic heterocycles. The predicted molar refractivity (Wildman–Crippen MR) is 68.1 cm³/mol. The number of aliphatic hydroxyl groups is 1. The van der Waals surface area contributed by atoms with Crippen LogP contribution in [0.5, 0.6) is 0 Å². The predicted octanol–water partition coefficient (Wildman–Crippen LogP) is 3.47. The van der Waals surface area contributed by atoms with Crippen LogP contribution in [-0.4, -0.2) is 16.5 Å². The summed E-state index contributed by atoms with van der Waals surface area (Å²) in [7, 11) is 0. The van der Waals surface area contributed by atoms with E-state index in [0.717, 1.165) is 18.6 Å². The molecule has 1 aromatic carbocycles. The van der Waals surface area contributed by atoms with Crippen LogP contribution in [0, 0.1) is 0 Å². The molecule has 0 amide bonds. The standard InChI is InChI=1S/C13H20OS/c1-3-13(2,9-10-14)15-11-12-7-5-4-6-8-12/h4-8,14H,3,9-11H2,1-2H3. The maximum Gasteiger partial charge on any atom is 0.0444 e. The van der Waals surface area contributed by atoms with Crippen LogP contribution < -0.4 is 0 Å². The maximum absolute atomic E-state index is 9.02. The number of rotatable bonds is 6. The normalized spacial score (nSPS) is 14.9. The van der Waals surface area contributed by atoms with Crippen molar-refractivity contribution in [2.75, 3.05) is 6.61 Å². The van der Waals surface area contributed by atoms with Gasteiger partial charge in [0.2, 0.25) is 0 Å². The Balaban J connectivity index is 2.47. The van der Waals surface area contributed by atoms with E-state index < -0.39 is 0 Å². The second-order valence-electron chi connectivity index (χ2n) is 4.05. The number of thioether (sulfide) groups is 1. The van der Waals surface area contributed by atoms with E-state index in [0.29, 0.717) is 0 Å². The zero-order valence-electron chi connectivity index (χ0n) is 9.57. The molecule has 0 fully saturated rings. The van der Waals surface area contributed by atoms with Gasteiger partial charge in [0.15, 0.2) is 0 Å². The van der Waals surface area contributed by atoms with Gasteiger partial charge in [0.1, 0.15) is 0 Å². The van der Waals surface area contributed by atoms with Crippen molar-refractivity contribution in [3.8, 4) is 0 Å². The molecule has 0 heterocycles. The van der Waals surface area contributed by atoms with E-state index >= 15 is 0 Å². The van der Waals surface area contributed by atoms with Crippen LogP contribution in [-0.2, 0) is 5.75 Å². The van der Waals surface area contributed by atoms with Gasteiger partial charge in [-0.15, -0.1) is 0 Å². The number of aliphatic hydroxyl groups excluding tert-OH is 1. The van der Waals surface area contributed by atoms with Gasteiger partial charge in [0.25, 0.3) is 0 Å². The third-order valence-corrected chi connectivity index (χ3v) is 4.49. The Morgan fingerprint density at radius 1 is 1.27 bits per heavy atom. The summed E-state index contributed by atoms with van der Waals surface area (Å²) in [4.78, 5) is 0. The third kappa shape index (κ3) is 4.27. The van der Waals surface area contributed by atoms with Gasteiger partial charge in [0.05, 0.1) is 0 Å². The fourth-order valence-electron chi connectivity index (χ4n) is 1.42. The molecule has 0 radical (unpaired) electrons. The molecule has 0 spiro atoms. The largest absolute Gasteiger partial charge is 0.396 e. The van der Waals surface area contributed by atoms with Crippen LogP contribution >= 0.6 is 11.8 Å². The highest BCUT2D eigenvalue weighted by Crippen LogP contribution is 2.34. The highest BCUT2D eigenvalue weighted by atomic mass is 32.2. The summed E-state index contributed by atoms with van der Waals surface area (Å²) in [6.07, 6.45) is 1.98. The molecule has 0 bridgehead atoms. The van der Waals surface area contributed by atoms with Crippen molar-refractivity contribution in [3.05, 3.63) is 35.9 Å². The van der Waals surface area contributed by atoms with Crippen molar-refractivity contribution in [1.29, 1.82) is 0 Å². The van der Waals surface area contributed by atoms with E-state index in [1.165, 1.54) is 5.56 Å². The van der Waals surface area contributed by atoms with Gasteiger partial charge in [-0.05, 0) is 18.4 Å². The monoisotopic (exact) mass is 224 g/mol. The fraction of sp³-hybridized carbons (Fsp3) is 0.538. The highest BCUT2D eigenvalue weighted by molar-refractivity contribution is 7.99. The van der Waals surface area contributed by atoms with Crippen molar-refractivity contribution in [3.63, 3.8) is 0 Å². The Kier molecular flexibility index (Phi) is 5.20. The molecule has 0 aliphatic rings. The van der Waals surface area contributed by atoms with E-state index in [1.54, 1.807) is 0 Å². The summed E-state index contributed by atoms with van der Waals surface area (Å²) >= 11 is 1.94. The first-order valence-corrected chi connectivity index (χ1v) is 6.47. The minimum atomic E-state index is 0.213. The van der Waals surface area contributed by atoms with Crippen LogP contribution in [0.4, 0.5) is 0 Å². The van der Waals surface area contributed by atoms with Gasteiger partial charge < -0.3 is 5.11 Å². The quantitative estimate of drug-likeness (QED) is 0.798. The van der Waals surface area contributed by atoms with Crippen molar-refractivity contribution in [2.24, 2.45) is 0 Å². The summed E-state index contributed by atoms with van der Waals surface area (Å²) < 4.78 is 0.213. The summed E-state index contributed by atoms with van der Waals surface area (Å²) in [5.41, 5.74) is 1.36. The van der Waals surface area contributed by atoms with E-state index in [4.69, 9.17) is 5.11 Å². The summed E-state index contributed by atoms with van der Waals surface area (Å²) in [5.74, 6) is 1.03. The highest BCUT2D eigenvalue weighted by Gasteiger charge is 2.21. The average molecular weight is 224 g/mol. The Bertz CT molecular complexity index is 273. The van der Waals surface area contributed by atoms with E-state index in [1.807, 2.05) is 17.8 Å². The first kappa shape index (κ1) is 12.6. The van der Waals surface area contributed by atoms with E-state index in [9.17, 15) is 0 Å². The zero-order chi connectivity index (χ0) is 11.1. The molecule has 1 unspecified atom stereocenters. The molecule has 1 N–H and O–H groups in total. The molecule has 1 atom stereocenters. The second-order valence-corrected chi connectivity index (χ2v) is 5.61. The first-order chi connectivity index (χ1) is 7.20. The Labute approximate surface area is 96.9 Å². The van der Waals surface area contributed by atoms with Crippen LogP contribution in [0.3, 0.4) is 0 Å². The maximum atomic E-state index is 9.02. The molecule has 0 saturated heterocycles. The van der Waals surface area contributed by atoms with Gasteiger partial charge in [-0.1, -0.05) is 44.2 Å². The van der Waals surface area contributed by atoms with Gasteiger partial charge >= 0.3 is 0 Å². The SMILES string of the molecule is CCC(C)(CCO)SCc1ccccc1. The van der Waals surface area contributed by atoms with E-state index in [-0.39, 0.29) is 11.4 Å². The first-order valence-electron chi connectivity index (χ1n) is 5.49. The molecule has 1 aromatic rings. The third-order valence-electron chi connectivity index (χ3n) is 2.82. The van der Waals surface area contributed by atoms with E-state index in [2.05, 4.69) is 38.1 Å². The summed E-state index contributed by atoms with van der Waals surface area (Å²) in [6, 6.07) is 10.5. The lowest BCUT2D eigenvalue weighted by Crippen LogP contribution is -2.20. The minimum absolute atomic E-state index is 0.213. The summed E-state index contributed by atoms with van der Waals surface area (Å²) in [6.45, 7) is 4.70. The van der Waals surface area contributed by atoms with Crippen molar-refractivity contribution < 1.29 is 5.11 Å². The van der Waals surface area contributed by atoms with Crippen LogP contribution in [0.15, 0.2) is 30.3 Å². The average Bonchev–Trinajstić information content (AvgIpc) is 2.28. The van der Waals surface area contributed by atoms with Crippen molar-refractivity contribution >= 4 is 11.8 Å². The number of hydrogen-bond acceptors (Lipinski definition) is 2. The molecule has 84 valence electrons. The van der Waals surface area contributed by atoms with Crippen LogP contribution in [0.25, 0.3) is 0 Å². The molecule has 0 aliphatic carbocycles. The smallest absolute Gasteiger partial charge is 0.0444 e. The molecule has 1 nitrogen and oxygen atoms in total. The molecular weight excluding hydrogens is 204 g/mol. The van der Waals surface area contributed by atoms with Gasteiger partial charge in [-0.25, -0.2) is 0 Å². The van der Waals surface area contributed by atoms with Gasteiger partial charge in [0, 0.05) is 17.1 Å². The lowest BCUT2D eigenvalue weighted by Gasteiger charge is -2.26. The molecule has 2 heteroatoms. The van der Waals surface area contributed by atoms with Crippen molar-refractivity contribution in [1.82, 2.24) is 0 Å². The number of benzene rings is 1. The van der Waals surface area contributed by atoms with Crippen LogP contribution in [0.2, 0.25) is 0 Å². The van der Waals surface area contributed by atoms with Gasteiger partial charge in [-0.3, -0.25) is 0 Å². The molecule has 0 aromatic heterocycles. The molecule has 1 rings (SSSR count). The van der Waals surface area contributed by atoms with Crippen LogP contribution in [0.1, 0.15) is 32.3 Å². The summed E-state index contributed by atoms with van der Waals surface area (Å²) in [5, 5.41) is 9.02. The fourth-order valence-corrected chi connectivity index (χ4v) is 2.57. The van der Waals surface area contributed by atoms with Crippen molar-refractivity contribution in [2.45, 2.75) is 37.2 Å². The topological polar surface area (TPSA) is 20.2 Å². The molecular formula is C13H20OS. The molecule has 15 heavy (non-hydrogen) atoms. The Hall–Kier alpha value is -0.470. The zero-order valence-corrected chi connectivity index (χ0v) is 10.4. The second kappa shape index (κ2) is 6.19. The lowest BCUT2D eigenvalue weighted by atomic mass is 10.1. The minimum Gasteiger partial charge on any atom is -0.396 e. The van der Waals surface area contributed by atoms with Gasteiger partial charge in [-0.2, -0.15) is 11.8 Å².